The van der Waals surface area contributed by atoms with E-state index in [-0.39, 0.29) is 4.49 Å². The second-order valence-electron chi connectivity index (χ2n) is 2.33. The Bertz CT molecular complexity index is 228. The normalized spacial score (nSPS) is 8.94. The highest BCUT2D eigenvalue weighted by Gasteiger charge is 2.07. The molecule has 0 fully saturated rings. The molecule has 1 aromatic rings. The molecule has 0 radical (unpaired) electrons. The standard InChI is InChI=1S/C6H6.C2H3Cl3.C2HCl3/c1-2-4-6-5-3-1;1-2(3,4)5;3-1-2(4)5/h1-6H;1H3;1H. The summed E-state index contributed by atoms with van der Waals surface area (Å²) in [6.45, 7) is 1.48. The van der Waals surface area contributed by atoms with Crippen LogP contribution < -0.4 is 0 Å². The molecule has 0 aliphatic rings. The van der Waals surface area contributed by atoms with Crippen LogP contribution in [0.1, 0.15) is 6.92 Å². The van der Waals surface area contributed by atoms with Gasteiger partial charge in [0, 0.05) is 5.54 Å². The zero-order chi connectivity index (χ0) is 13.0. The minimum atomic E-state index is -1.08. The van der Waals surface area contributed by atoms with Crippen LogP contribution in [-0.4, -0.2) is 3.79 Å². The molecule has 0 aromatic heterocycles. The van der Waals surface area contributed by atoms with Gasteiger partial charge in [-0.2, -0.15) is 0 Å². The Morgan fingerprint density at radius 1 is 0.875 bits per heavy atom. The van der Waals surface area contributed by atoms with Crippen molar-refractivity contribution in [1.82, 2.24) is 0 Å². The van der Waals surface area contributed by atoms with Crippen LogP contribution >= 0.6 is 69.6 Å². The Morgan fingerprint density at radius 3 is 1.06 bits per heavy atom. The highest BCUT2D eigenvalue weighted by atomic mass is 35.6. The van der Waals surface area contributed by atoms with Crippen LogP contribution in [0.4, 0.5) is 0 Å². The highest BCUT2D eigenvalue weighted by Crippen LogP contribution is 2.23. The average Bonchev–Trinajstić information content (AvgIpc) is 2.19. The van der Waals surface area contributed by atoms with Gasteiger partial charge >= 0.3 is 0 Å². The monoisotopic (exact) mass is 340 g/mol. The first kappa shape index (κ1) is 19.0. The van der Waals surface area contributed by atoms with Gasteiger partial charge in [0.15, 0.2) is 3.79 Å². The lowest BCUT2D eigenvalue weighted by Crippen LogP contribution is -1.87. The molecule has 0 aliphatic heterocycles. The van der Waals surface area contributed by atoms with Crippen molar-refractivity contribution in [2.24, 2.45) is 0 Å². The fraction of sp³-hybridized carbons (Fsp3) is 0.200. The van der Waals surface area contributed by atoms with Crippen molar-refractivity contribution >= 4 is 69.6 Å². The molecule has 0 saturated carbocycles. The Kier molecular flexibility index (Phi) is 14.5. The summed E-state index contributed by atoms with van der Waals surface area (Å²) in [4.78, 5) is 0. The molecule has 0 spiro atoms. The molecule has 0 bridgehead atoms. The van der Waals surface area contributed by atoms with Gasteiger partial charge in [0.05, 0.1) is 0 Å². The third-order valence-electron chi connectivity index (χ3n) is 0.749. The number of alkyl halides is 3. The Hall–Kier alpha value is 0.700. The van der Waals surface area contributed by atoms with Gasteiger partial charge in [0.2, 0.25) is 0 Å². The average molecular weight is 343 g/mol. The van der Waals surface area contributed by atoms with Gasteiger partial charge in [0.1, 0.15) is 4.49 Å². The number of benzene rings is 1. The molecular weight excluding hydrogens is 333 g/mol. The molecule has 6 heteroatoms. The first-order valence-corrected chi connectivity index (χ1v) is 6.28. The molecule has 0 saturated heterocycles. The number of halogens is 6. The Labute approximate surface area is 126 Å². The van der Waals surface area contributed by atoms with Gasteiger partial charge in [-0.25, -0.2) is 0 Å². The fourth-order valence-electron chi connectivity index (χ4n) is 0.385. The molecule has 92 valence electrons. The number of rotatable bonds is 0. The summed E-state index contributed by atoms with van der Waals surface area (Å²) in [6.07, 6.45) is 0. The van der Waals surface area contributed by atoms with Crippen LogP contribution in [0.2, 0.25) is 0 Å². The lowest BCUT2D eigenvalue weighted by molar-refractivity contribution is 1.27. The van der Waals surface area contributed by atoms with Gasteiger partial charge in [0.25, 0.3) is 0 Å². The lowest BCUT2D eigenvalue weighted by Gasteiger charge is -1.94. The Morgan fingerprint density at radius 2 is 1.00 bits per heavy atom. The van der Waals surface area contributed by atoms with Crippen molar-refractivity contribution in [2.75, 3.05) is 0 Å². The molecule has 0 unspecified atom stereocenters. The predicted molar refractivity (Wildman–Crippen MR) is 78.0 cm³/mol. The van der Waals surface area contributed by atoms with Crippen LogP contribution in [0.25, 0.3) is 0 Å². The van der Waals surface area contributed by atoms with E-state index in [9.17, 15) is 0 Å². The van der Waals surface area contributed by atoms with Crippen molar-refractivity contribution in [3.63, 3.8) is 0 Å². The van der Waals surface area contributed by atoms with Crippen LogP contribution in [0, 0.1) is 0 Å². The van der Waals surface area contributed by atoms with E-state index < -0.39 is 3.79 Å². The largest absolute Gasteiger partial charge is 0.187 e. The number of hydrogen-bond acceptors (Lipinski definition) is 0. The smallest absolute Gasteiger partial charge is 0.0904 e. The summed E-state index contributed by atoms with van der Waals surface area (Å²) in [5.41, 5.74) is 1.09. The zero-order valence-corrected chi connectivity index (χ0v) is 12.8. The maximum Gasteiger partial charge on any atom is 0.187 e. The minimum absolute atomic E-state index is 0.0895. The zero-order valence-electron chi connectivity index (χ0n) is 8.31. The van der Waals surface area contributed by atoms with E-state index >= 15 is 0 Å². The Balaban J connectivity index is 0. The second kappa shape index (κ2) is 12.2. The fourth-order valence-corrected chi connectivity index (χ4v) is 0.385. The van der Waals surface area contributed by atoms with Crippen LogP contribution in [0.15, 0.2) is 46.4 Å². The molecule has 0 amide bonds. The molecule has 0 nitrogen and oxygen atoms in total. The summed E-state index contributed by atoms with van der Waals surface area (Å²) in [7, 11) is 0. The molecule has 16 heavy (non-hydrogen) atoms. The van der Waals surface area contributed by atoms with Gasteiger partial charge in [-0.15, -0.1) is 0 Å². The van der Waals surface area contributed by atoms with Crippen molar-refractivity contribution < 1.29 is 0 Å². The number of hydrogen-bond donors (Lipinski definition) is 0. The predicted octanol–water partition coefficient (Wildman–Crippen LogP) is 6.56. The molecule has 0 N–H and O–H groups in total. The van der Waals surface area contributed by atoms with Crippen LogP contribution in [0.3, 0.4) is 0 Å². The van der Waals surface area contributed by atoms with Gasteiger partial charge < -0.3 is 0 Å². The first-order valence-electron chi connectivity index (χ1n) is 3.95. The van der Waals surface area contributed by atoms with Crippen LogP contribution in [0.5, 0.6) is 0 Å². The van der Waals surface area contributed by atoms with E-state index in [4.69, 9.17) is 69.6 Å². The maximum atomic E-state index is 5.06. The van der Waals surface area contributed by atoms with E-state index in [1.54, 1.807) is 0 Å². The first-order chi connectivity index (χ1) is 7.27. The van der Waals surface area contributed by atoms with Crippen molar-refractivity contribution in [2.45, 2.75) is 10.7 Å². The van der Waals surface area contributed by atoms with E-state index in [0.717, 1.165) is 5.54 Å². The van der Waals surface area contributed by atoms with E-state index in [2.05, 4.69) is 0 Å². The SMILES string of the molecule is CC(Cl)(Cl)Cl.ClC=C(Cl)Cl.c1ccccc1. The van der Waals surface area contributed by atoms with Crippen molar-refractivity contribution in [3.05, 3.63) is 46.4 Å². The van der Waals surface area contributed by atoms with Gasteiger partial charge in [-0.3, -0.25) is 0 Å². The van der Waals surface area contributed by atoms with Crippen molar-refractivity contribution in [3.8, 4) is 0 Å². The molecular formula is C10H10Cl6. The lowest BCUT2D eigenvalue weighted by atomic mass is 10.4. The third-order valence-corrected chi connectivity index (χ3v) is 1.41. The highest BCUT2D eigenvalue weighted by molar-refractivity contribution is 6.67. The summed E-state index contributed by atoms with van der Waals surface area (Å²) in [6, 6.07) is 12.0. The maximum absolute atomic E-state index is 5.06. The summed E-state index contributed by atoms with van der Waals surface area (Å²) < 4.78 is -0.994. The van der Waals surface area contributed by atoms with Gasteiger partial charge in [-0.05, 0) is 6.92 Å². The topological polar surface area (TPSA) is 0 Å². The van der Waals surface area contributed by atoms with E-state index in [1.807, 2.05) is 36.4 Å². The van der Waals surface area contributed by atoms with E-state index in [1.165, 1.54) is 6.92 Å². The molecule has 1 aromatic carbocycles. The summed E-state index contributed by atoms with van der Waals surface area (Å²) >= 11 is 30.0. The quantitative estimate of drug-likeness (QED) is 0.468. The molecule has 0 heterocycles. The van der Waals surface area contributed by atoms with Crippen LogP contribution in [-0.2, 0) is 0 Å². The molecule has 1 rings (SSSR count). The van der Waals surface area contributed by atoms with E-state index in [0.29, 0.717) is 0 Å². The summed E-state index contributed by atoms with van der Waals surface area (Å²) in [5, 5.41) is 0. The molecule has 0 atom stereocenters. The second-order valence-corrected chi connectivity index (χ2v) is 6.41. The van der Waals surface area contributed by atoms with Crippen molar-refractivity contribution in [1.29, 1.82) is 0 Å². The summed E-state index contributed by atoms with van der Waals surface area (Å²) in [5.74, 6) is 0. The third kappa shape index (κ3) is 36.5. The molecule has 0 aliphatic carbocycles. The minimum Gasteiger partial charge on any atom is -0.0904 e. The van der Waals surface area contributed by atoms with Gasteiger partial charge in [-0.1, -0.05) is 106 Å².